The summed E-state index contributed by atoms with van der Waals surface area (Å²) in [6, 6.07) is 0. The van der Waals surface area contributed by atoms with E-state index >= 15 is 0 Å². The molecule has 0 radical (unpaired) electrons. The Labute approximate surface area is 86.5 Å². The van der Waals surface area contributed by atoms with E-state index in [1.54, 1.807) is 0 Å². The van der Waals surface area contributed by atoms with Gasteiger partial charge in [0.1, 0.15) is 6.54 Å². The first-order valence-corrected chi connectivity index (χ1v) is 4.13. The van der Waals surface area contributed by atoms with E-state index in [9.17, 15) is 14.4 Å². The van der Waals surface area contributed by atoms with Crippen LogP contribution in [0.3, 0.4) is 0 Å². The number of aliphatic carboxylic acids is 1. The Morgan fingerprint density at radius 3 is 2.40 bits per heavy atom. The van der Waals surface area contributed by atoms with Crippen molar-refractivity contribution in [2.45, 2.75) is 0 Å². The Morgan fingerprint density at radius 1 is 1.20 bits per heavy atom. The van der Waals surface area contributed by atoms with Crippen LogP contribution in [0.5, 0.6) is 0 Å². The van der Waals surface area contributed by atoms with E-state index in [1.807, 2.05) is 0 Å². The smallest absolute Gasteiger partial charge is 0.322 e. The van der Waals surface area contributed by atoms with E-state index in [0.717, 1.165) is 0 Å². The molecule has 0 rings (SSSR count). The Bertz CT molecular complexity index is 265. The summed E-state index contributed by atoms with van der Waals surface area (Å²) in [5, 5.41) is 15.4. The van der Waals surface area contributed by atoms with Crippen LogP contribution in [0.15, 0.2) is 12.3 Å². The molecule has 4 N–H and O–H groups in total. The Kier molecular flexibility index (Phi) is 6.36. The van der Waals surface area contributed by atoms with Gasteiger partial charge in [0.25, 0.3) is 0 Å². The normalized spacial score (nSPS) is 8.80. The fourth-order valence-corrected chi connectivity index (χ4v) is 0.665. The summed E-state index contributed by atoms with van der Waals surface area (Å²) in [5.74, 6) is -1.38. The molecular formula is C8H13N3O4. The fraction of sp³-hybridized carbons (Fsp3) is 0.375. The van der Waals surface area contributed by atoms with Crippen molar-refractivity contribution in [2.24, 2.45) is 0 Å². The van der Waals surface area contributed by atoms with Crippen LogP contribution in [-0.4, -0.2) is 43.0 Å². The minimum Gasteiger partial charge on any atom is -0.480 e. The molecule has 84 valence electrons. The summed E-state index contributed by atoms with van der Waals surface area (Å²) >= 11 is 0. The summed E-state index contributed by atoms with van der Waals surface area (Å²) in [6.45, 7) is 3.25. The number of carbonyl (C=O) groups is 3. The highest BCUT2D eigenvalue weighted by molar-refractivity contribution is 5.79. The van der Waals surface area contributed by atoms with Gasteiger partial charge in [0.2, 0.25) is 12.3 Å². The van der Waals surface area contributed by atoms with E-state index in [4.69, 9.17) is 5.11 Å². The molecule has 0 spiro atoms. The van der Waals surface area contributed by atoms with Gasteiger partial charge in [0.15, 0.2) is 0 Å². The molecule has 2 amide bonds. The van der Waals surface area contributed by atoms with Crippen molar-refractivity contribution in [2.75, 3.05) is 19.6 Å². The first kappa shape index (κ1) is 12.9. The van der Waals surface area contributed by atoms with Gasteiger partial charge in [-0.3, -0.25) is 14.4 Å². The lowest BCUT2D eigenvalue weighted by molar-refractivity contribution is -0.135. The van der Waals surface area contributed by atoms with Crippen molar-refractivity contribution < 1.29 is 19.5 Å². The Balaban J connectivity index is 3.57. The van der Waals surface area contributed by atoms with Gasteiger partial charge in [-0.2, -0.15) is 0 Å². The first-order valence-electron chi connectivity index (χ1n) is 4.13. The van der Waals surface area contributed by atoms with Crippen LogP contribution in [0.2, 0.25) is 0 Å². The van der Waals surface area contributed by atoms with Crippen LogP contribution in [0, 0.1) is 0 Å². The fourth-order valence-electron chi connectivity index (χ4n) is 0.665. The number of amides is 2. The lowest BCUT2D eigenvalue weighted by Crippen LogP contribution is -2.36. The quantitative estimate of drug-likeness (QED) is 0.351. The molecule has 0 aromatic heterocycles. The molecular weight excluding hydrogens is 202 g/mol. The molecule has 0 saturated carbocycles. The standard InChI is InChI=1S/C8H13N3O4/c1-6(10-4-8(14)15)2-11-7(13)3-9-5-12/h5,10H,1-4H2,(H,9,12)(H,11,13)(H,14,15). The van der Waals surface area contributed by atoms with Crippen LogP contribution < -0.4 is 16.0 Å². The molecule has 0 aromatic rings. The Morgan fingerprint density at radius 2 is 1.87 bits per heavy atom. The largest absolute Gasteiger partial charge is 0.480 e. The molecule has 0 fully saturated rings. The third kappa shape index (κ3) is 8.28. The first-order chi connectivity index (χ1) is 7.06. The highest BCUT2D eigenvalue weighted by Crippen LogP contribution is 1.79. The van der Waals surface area contributed by atoms with Crippen LogP contribution in [0.4, 0.5) is 0 Å². The van der Waals surface area contributed by atoms with Crippen molar-refractivity contribution in [1.29, 1.82) is 0 Å². The molecule has 7 heteroatoms. The average Bonchev–Trinajstić information content (AvgIpc) is 2.20. The predicted octanol–water partition coefficient (Wildman–Crippen LogP) is -1.96. The zero-order valence-electron chi connectivity index (χ0n) is 8.08. The number of carboxylic acids is 1. The third-order valence-corrected chi connectivity index (χ3v) is 1.33. The summed E-state index contributed by atoms with van der Waals surface area (Å²) < 4.78 is 0. The second kappa shape index (κ2) is 7.36. The van der Waals surface area contributed by atoms with Crippen molar-refractivity contribution >= 4 is 18.3 Å². The maximum Gasteiger partial charge on any atom is 0.322 e. The third-order valence-electron chi connectivity index (χ3n) is 1.33. The predicted molar refractivity (Wildman–Crippen MR) is 51.9 cm³/mol. The zero-order valence-corrected chi connectivity index (χ0v) is 8.08. The lowest BCUT2D eigenvalue weighted by atomic mass is 10.4. The topological polar surface area (TPSA) is 108 Å². The minimum absolute atomic E-state index is 0.115. The summed E-state index contributed by atoms with van der Waals surface area (Å²) in [4.78, 5) is 30.9. The molecule has 0 unspecified atom stereocenters. The van der Waals surface area contributed by atoms with Gasteiger partial charge in [0.05, 0.1) is 13.1 Å². The summed E-state index contributed by atoms with van der Waals surface area (Å²) in [5.41, 5.74) is 0.386. The molecule has 0 atom stereocenters. The minimum atomic E-state index is -1.01. The second-order valence-electron chi connectivity index (χ2n) is 2.63. The van der Waals surface area contributed by atoms with Crippen LogP contribution >= 0.6 is 0 Å². The molecule has 0 bridgehead atoms. The maximum atomic E-state index is 10.9. The van der Waals surface area contributed by atoms with Crippen molar-refractivity contribution in [3.63, 3.8) is 0 Å². The van der Waals surface area contributed by atoms with E-state index in [1.165, 1.54) is 0 Å². The SMILES string of the molecule is C=C(CNC(=O)CNC=O)NCC(=O)O. The van der Waals surface area contributed by atoms with E-state index in [-0.39, 0.29) is 25.5 Å². The lowest BCUT2D eigenvalue weighted by Gasteiger charge is -2.08. The number of rotatable bonds is 8. The van der Waals surface area contributed by atoms with Gasteiger partial charge in [-0.05, 0) is 0 Å². The zero-order chi connectivity index (χ0) is 11.7. The molecule has 15 heavy (non-hydrogen) atoms. The average molecular weight is 215 g/mol. The van der Waals surface area contributed by atoms with Gasteiger partial charge in [-0.25, -0.2) is 0 Å². The summed E-state index contributed by atoms with van der Waals surface area (Å²) in [7, 11) is 0. The van der Waals surface area contributed by atoms with Crippen molar-refractivity contribution in [3.8, 4) is 0 Å². The molecule has 0 heterocycles. The number of nitrogens with one attached hydrogen (secondary N) is 3. The number of hydrogen-bond acceptors (Lipinski definition) is 4. The van der Waals surface area contributed by atoms with Crippen LogP contribution in [0.1, 0.15) is 0 Å². The highest BCUT2D eigenvalue weighted by atomic mass is 16.4. The molecule has 0 aliphatic carbocycles. The van der Waals surface area contributed by atoms with Crippen LogP contribution in [-0.2, 0) is 14.4 Å². The van der Waals surface area contributed by atoms with Gasteiger partial charge in [0, 0.05) is 5.70 Å². The van der Waals surface area contributed by atoms with Crippen LogP contribution in [0.25, 0.3) is 0 Å². The molecule has 0 aliphatic rings. The summed E-state index contributed by atoms with van der Waals surface area (Å²) in [6.07, 6.45) is 0.414. The molecule has 7 nitrogen and oxygen atoms in total. The number of carboxylic acid groups (broad SMARTS) is 1. The van der Waals surface area contributed by atoms with Gasteiger partial charge in [-0.1, -0.05) is 6.58 Å². The van der Waals surface area contributed by atoms with E-state index in [2.05, 4.69) is 22.5 Å². The molecule has 0 saturated heterocycles. The van der Waals surface area contributed by atoms with E-state index in [0.29, 0.717) is 12.1 Å². The van der Waals surface area contributed by atoms with Gasteiger partial charge >= 0.3 is 5.97 Å². The molecule has 0 aliphatic heterocycles. The van der Waals surface area contributed by atoms with Gasteiger partial charge < -0.3 is 21.1 Å². The second-order valence-corrected chi connectivity index (χ2v) is 2.63. The van der Waals surface area contributed by atoms with Crippen molar-refractivity contribution in [3.05, 3.63) is 12.3 Å². The number of carbonyl (C=O) groups excluding carboxylic acids is 2. The number of hydrogen-bond donors (Lipinski definition) is 4. The highest BCUT2D eigenvalue weighted by Gasteiger charge is 2.01. The Hall–Kier alpha value is -2.05. The van der Waals surface area contributed by atoms with E-state index < -0.39 is 5.97 Å². The van der Waals surface area contributed by atoms with Gasteiger partial charge in [-0.15, -0.1) is 0 Å². The molecule has 0 aromatic carbocycles. The van der Waals surface area contributed by atoms with Crippen molar-refractivity contribution in [1.82, 2.24) is 16.0 Å². The monoisotopic (exact) mass is 215 g/mol. The maximum absolute atomic E-state index is 10.9.